The van der Waals surface area contributed by atoms with Gasteiger partial charge in [0, 0.05) is 17.5 Å². The first-order valence-electron chi connectivity index (χ1n) is 5.95. The number of nitrogens with one attached hydrogen (secondary N) is 1. The zero-order valence-corrected chi connectivity index (χ0v) is 12.6. The minimum absolute atomic E-state index is 0.203. The molecule has 7 heteroatoms. The molecule has 0 unspecified atom stereocenters. The van der Waals surface area contributed by atoms with Gasteiger partial charge >= 0.3 is 0 Å². The number of H-pyrrole nitrogens is 1. The number of ether oxygens (including phenoxy) is 1. The fourth-order valence-corrected chi connectivity index (χ4v) is 2.99. The van der Waals surface area contributed by atoms with Gasteiger partial charge in [-0.25, -0.2) is 9.37 Å². The van der Waals surface area contributed by atoms with Gasteiger partial charge in [0.15, 0.2) is 16.3 Å². The van der Waals surface area contributed by atoms with Crippen molar-refractivity contribution in [1.29, 1.82) is 0 Å². The molecule has 4 nitrogen and oxygen atoms in total. The van der Waals surface area contributed by atoms with Crippen LogP contribution in [0.25, 0.3) is 11.0 Å². The van der Waals surface area contributed by atoms with Gasteiger partial charge in [0.1, 0.15) is 0 Å². The molecule has 0 bridgehead atoms. The summed E-state index contributed by atoms with van der Waals surface area (Å²) < 4.78 is 21.1. The second kappa shape index (κ2) is 4.99. The number of hydrogen-bond acceptors (Lipinski definition) is 4. The average Bonchev–Trinajstić information content (AvgIpc) is 2.94. The van der Waals surface area contributed by atoms with Crippen LogP contribution in [0, 0.1) is 17.5 Å². The van der Waals surface area contributed by atoms with Crippen molar-refractivity contribution in [3.8, 4) is 5.75 Å². The Kier molecular flexibility index (Phi) is 3.31. The molecular weight excluding hydrogens is 297 g/mol. The van der Waals surface area contributed by atoms with Crippen LogP contribution in [0.2, 0.25) is 0 Å². The van der Waals surface area contributed by atoms with Crippen LogP contribution in [0.1, 0.15) is 10.7 Å². The number of nitrogens with zero attached hydrogens (tertiary/aromatic N) is 2. The highest BCUT2D eigenvalue weighted by molar-refractivity contribution is 7.71. The van der Waals surface area contributed by atoms with Crippen LogP contribution in [0.3, 0.4) is 0 Å². The number of halogens is 1. The molecule has 0 aliphatic heterocycles. The summed E-state index contributed by atoms with van der Waals surface area (Å²) in [5, 5.41) is 3.01. The van der Waals surface area contributed by atoms with Gasteiger partial charge < -0.3 is 14.3 Å². The van der Waals surface area contributed by atoms with Gasteiger partial charge in [0.25, 0.3) is 0 Å². The highest BCUT2D eigenvalue weighted by atomic mass is 32.1. The van der Waals surface area contributed by atoms with Crippen molar-refractivity contribution in [3.63, 3.8) is 0 Å². The van der Waals surface area contributed by atoms with Crippen LogP contribution in [-0.2, 0) is 6.54 Å². The molecule has 0 fully saturated rings. The fourth-order valence-electron chi connectivity index (χ4n) is 2.11. The van der Waals surface area contributed by atoms with Crippen molar-refractivity contribution in [2.45, 2.75) is 13.5 Å². The van der Waals surface area contributed by atoms with Gasteiger partial charge in [0.05, 0.1) is 35.4 Å². The predicted octanol–water partition coefficient (Wildman–Crippen LogP) is 3.66. The van der Waals surface area contributed by atoms with Gasteiger partial charge in [-0.3, -0.25) is 0 Å². The minimum Gasteiger partial charge on any atom is -0.494 e. The Hall–Kier alpha value is -1.73. The second-order valence-corrected chi connectivity index (χ2v) is 5.83. The zero-order chi connectivity index (χ0) is 14.3. The first-order chi connectivity index (χ1) is 9.58. The molecule has 1 N–H and O–H groups in total. The molecule has 1 aromatic carbocycles. The smallest absolute Gasteiger partial charge is 0.178 e. The van der Waals surface area contributed by atoms with E-state index in [0.29, 0.717) is 16.8 Å². The van der Waals surface area contributed by atoms with Gasteiger partial charge in [0.2, 0.25) is 0 Å². The third-order valence-corrected chi connectivity index (χ3v) is 4.18. The summed E-state index contributed by atoms with van der Waals surface area (Å²) in [6.07, 6.45) is 0. The van der Waals surface area contributed by atoms with E-state index < -0.39 is 5.82 Å². The Morgan fingerprint density at radius 2 is 2.30 bits per heavy atom. The van der Waals surface area contributed by atoms with E-state index in [1.54, 1.807) is 17.4 Å². The molecule has 0 saturated carbocycles. The largest absolute Gasteiger partial charge is 0.494 e. The van der Waals surface area contributed by atoms with E-state index in [9.17, 15) is 4.39 Å². The first-order valence-corrected chi connectivity index (χ1v) is 7.24. The highest BCUT2D eigenvalue weighted by Crippen LogP contribution is 2.25. The van der Waals surface area contributed by atoms with Crippen LogP contribution >= 0.6 is 23.6 Å². The summed E-state index contributed by atoms with van der Waals surface area (Å²) >= 11 is 6.90. The van der Waals surface area contributed by atoms with Crippen LogP contribution in [0.5, 0.6) is 5.75 Å². The van der Waals surface area contributed by atoms with Crippen molar-refractivity contribution in [2.24, 2.45) is 0 Å². The summed E-state index contributed by atoms with van der Waals surface area (Å²) in [6.45, 7) is 2.51. The molecule has 0 radical (unpaired) electrons. The maximum Gasteiger partial charge on any atom is 0.178 e. The second-order valence-electron chi connectivity index (χ2n) is 4.38. The Morgan fingerprint density at radius 3 is 2.95 bits per heavy atom. The topological polar surface area (TPSA) is 42.8 Å². The number of aryl methyl sites for hydroxylation is 1. The van der Waals surface area contributed by atoms with Gasteiger partial charge in [-0.1, -0.05) is 0 Å². The summed E-state index contributed by atoms with van der Waals surface area (Å²) in [7, 11) is 1.44. The molecule has 2 aromatic heterocycles. The molecule has 0 aliphatic rings. The SMILES string of the molecule is COc1cc2c(cc1F)[nH]c(=S)n2Cc1csc(C)n1. The molecule has 0 saturated heterocycles. The number of aromatic amines is 1. The summed E-state index contributed by atoms with van der Waals surface area (Å²) in [5.74, 6) is -0.206. The monoisotopic (exact) mass is 309 g/mol. The van der Waals surface area contributed by atoms with E-state index in [2.05, 4.69) is 9.97 Å². The predicted molar refractivity (Wildman–Crippen MR) is 79.6 cm³/mol. The Labute approximate surface area is 123 Å². The average molecular weight is 309 g/mol. The first kappa shape index (κ1) is 13.3. The Balaban J connectivity index is 2.14. The number of hydrogen-bond donors (Lipinski definition) is 1. The van der Waals surface area contributed by atoms with Gasteiger partial charge in [-0.2, -0.15) is 0 Å². The van der Waals surface area contributed by atoms with E-state index in [-0.39, 0.29) is 5.75 Å². The zero-order valence-electron chi connectivity index (χ0n) is 10.9. The number of rotatable bonds is 3. The fraction of sp³-hybridized carbons (Fsp3) is 0.231. The molecule has 0 spiro atoms. The lowest BCUT2D eigenvalue weighted by Gasteiger charge is -2.05. The quantitative estimate of drug-likeness (QED) is 0.751. The van der Waals surface area contributed by atoms with Crippen LogP contribution < -0.4 is 4.74 Å². The van der Waals surface area contributed by atoms with Gasteiger partial charge in [-0.05, 0) is 19.1 Å². The Bertz CT molecular complexity index is 834. The number of fused-ring (bicyclic) bond motifs is 1. The minimum atomic E-state index is -0.409. The molecule has 3 rings (SSSR count). The molecule has 0 aliphatic carbocycles. The highest BCUT2D eigenvalue weighted by Gasteiger charge is 2.11. The lowest BCUT2D eigenvalue weighted by Crippen LogP contribution is -2.00. The normalized spacial score (nSPS) is 11.2. The lowest BCUT2D eigenvalue weighted by molar-refractivity contribution is 0.387. The van der Waals surface area contributed by atoms with E-state index in [1.165, 1.54) is 13.2 Å². The van der Waals surface area contributed by atoms with Gasteiger partial charge in [-0.15, -0.1) is 11.3 Å². The maximum atomic E-state index is 13.7. The Morgan fingerprint density at radius 1 is 1.50 bits per heavy atom. The number of imidazole rings is 1. The molecular formula is C13H12FN3OS2. The van der Waals surface area contributed by atoms with E-state index >= 15 is 0 Å². The molecule has 0 atom stereocenters. The molecule has 104 valence electrons. The molecule has 2 heterocycles. The van der Waals surface area contributed by atoms with E-state index in [1.807, 2.05) is 16.9 Å². The van der Waals surface area contributed by atoms with Crippen LogP contribution in [-0.4, -0.2) is 21.6 Å². The maximum absolute atomic E-state index is 13.7. The molecule has 20 heavy (non-hydrogen) atoms. The summed E-state index contributed by atoms with van der Waals surface area (Å²) in [6, 6.07) is 3.04. The number of aromatic nitrogens is 3. The number of thiazole rings is 1. The van der Waals surface area contributed by atoms with E-state index in [4.69, 9.17) is 17.0 Å². The summed E-state index contributed by atoms with van der Waals surface area (Å²) in [5.41, 5.74) is 2.40. The van der Waals surface area contributed by atoms with Crippen molar-refractivity contribution >= 4 is 34.6 Å². The third-order valence-electron chi connectivity index (χ3n) is 3.03. The number of benzene rings is 1. The van der Waals surface area contributed by atoms with Crippen LogP contribution in [0.15, 0.2) is 17.5 Å². The van der Waals surface area contributed by atoms with Crippen LogP contribution in [0.4, 0.5) is 4.39 Å². The summed E-state index contributed by atoms with van der Waals surface area (Å²) in [4.78, 5) is 7.43. The third kappa shape index (κ3) is 2.23. The van der Waals surface area contributed by atoms with Crippen molar-refractivity contribution in [2.75, 3.05) is 7.11 Å². The number of methoxy groups -OCH3 is 1. The van der Waals surface area contributed by atoms with E-state index in [0.717, 1.165) is 16.2 Å². The lowest BCUT2D eigenvalue weighted by atomic mass is 10.3. The van der Waals surface area contributed by atoms with Crippen molar-refractivity contribution in [3.05, 3.63) is 38.8 Å². The standard InChI is InChI=1S/C13H12FN3OS2/c1-7-15-8(6-20-7)5-17-11-4-12(18-2)9(14)3-10(11)16-13(17)19/h3-4,6H,5H2,1-2H3,(H,16,19). The molecule has 3 aromatic rings. The molecule has 0 amide bonds. The van der Waals surface area contributed by atoms with Crippen molar-refractivity contribution < 1.29 is 9.13 Å². The van der Waals surface area contributed by atoms with Crippen molar-refractivity contribution in [1.82, 2.24) is 14.5 Å².